The molecule has 0 bridgehead atoms. The number of hydrogen-bond acceptors (Lipinski definition) is 1. The first-order chi connectivity index (χ1) is 9.85. The summed E-state index contributed by atoms with van der Waals surface area (Å²) in [6.07, 6.45) is 0.776. The number of nitrogens with two attached hydrogens (primary N) is 1. The Morgan fingerprint density at radius 1 is 1.10 bits per heavy atom. The van der Waals surface area contributed by atoms with E-state index >= 15 is 0 Å². The van der Waals surface area contributed by atoms with Gasteiger partial charge in [0.1, 0.15) is 5.82 Å². The van der Waals surface area contributed by atoms with Crippen LogP contribution in [-0.4, -0.2) is 0 Å². The van der Waals surface area contributed by atoms with Crippen molar-refractivity contribution < 1.29 is 4.39 Å². The predicted octanol–water partition coefficient (Wildman–Crippen LogP) is 4.93. The Labute approximate surface area is 127 Å². The Balaban J connectivity index is 0.000000211. The Kier molecular flexibility index (Phi) is 6.16. The molecule has 0 aliphatic rings. The van der Waals surface area contributed by atoms with Gasteiger partial charge < -0.3 is 5.73 Å². The monoisotopic (exact) mass is 285 g/mol. The third-order valence-corrected chi connectivity index (χ3v) is 3.31. The minimum absolute atomic E-state index is 0.0648. The molecule has 2 aromatic rings. The van der Waals surface area contributed by atoms with Crippen LogP contribution in [0.2, 0.25) is 0 Å². The van der Waals surface area contributed by atoms with Gasteiger partial charge in [-0.05, 0) is 61.6 Å². The lowest BCUT2D eigenvalue weighted by molar-refractivity contribution is 0.609. The minimum Gasteiger partial charge on any atom is -0.399 e. The maximum Gasteiger partial charge on any atom is 0.126 e. The molecule has 2 N–H and O–H groups in total. The number of aryl methyl sites for hydroxylation is 3. The largest absolute Gasteiger partial charge is 0.399 e. The molecule has 0 unspecified atom stereocenters. The van der Waals surface area contributed by atoms with Crippen molar-refractivity contribution in [3.8, 4) is 0 Å². The molecule has 0 heterocycles. The Morgan fingerprint density at radius 2 is 1.76 bits per heavy atom. The van der Waals surface area contributed by atoms with E-state index in [1.165, 1.54) is 5.56 Å². The van der Waals surface area contributed by atoms with Crippen molar-refractivity contribution in [1.29, 1.82) is 0 Å². The lowest BCUT2D eigenvalue weighted by Gasteiger charge is -2.05. The predicted molar refractivity (Wildman–Crippen MR) is 89.7 cm³/mol. The van der Waals surface area contributed by atoms with Gasteiger partial charge >= 0.3 is 0 Å². The van der Waals surface area contributed by atoms with Crippen LogP contribution in [0.5, 0.6) is 0 Å². The molecule has 0 amide bonds. The normalized spacial score (nSPS) is 9.76. The van der Waals surface area contributed by atoms with Gasteiger partial charge in [-0.15, -0.1) is 0 Å². The SMILES string of the molecule is C=C(N)c1cccc(C)c1.CCc1c(C)cc(C)cc1F. The maximum absolute atomic E-state index is 13.1. The van der Waals surface area contributed by atoms with Crippen molar-refractivity contribution >= 4 is 5.70 Å². The van der Waals surface area contributed by atoms with Gasteiger partial charge in [-0.3, -0.25) is 0 Å². The molecule has 2 rings (SSSR count). The molecular weight excluding hydrogens is 261 g/mol. The summed E-state index contributed by atoms with van der Waals surface area (Å²) < 4.78 is 13.1. The fraction of sp³-hybridized carbons (Fsp3) is 0.263. The molecule has 1 nitrogen and oxygen atoms in total. The van der Waals surface area contributed by atoms with Gasteiger partial charge in [0.05, 0.1) is 0 Å². The second kappa shape index (κ2) is 7.63. The highest BCUT2D eigenvalue weighted by Gasteiger charge is 2.03. The van der Waals surface area contributed by atoms with Crippen molar-refractivity contribution in [3.63, 3.8) is 0 Å². The second-order valence-electron chi connectivity index (χ2n) is 5.29. The maximum atomic E-state index is 13.1. The Morgan fingerprint density at radius 3 is 2.19 bits per heavy atom. The van der Waals surface area contributed by atoms with Crippen molar-refractivity contribution in [2.45, 2.75) is 34.1 Å². The van der Waals surface area contributed by atoms with Crippen LogP contribution in [0.1, 0.15) is 34.7 Å². The fourth-order valence-corrected chi connectivity index (χ4v) is 2.24. The van der Waals surface area contributed by atoms with Crippen LogP contribution in [0.4, 0.5) is 4.39 Å². The summed E-state index contributed by atoms with van der Waals surface area (Å²) in [4.78, 5) is 0. The number of rotatable bonds is 2. The molecule has 0 radical (unpaired) electrons. The van der Waals surface area contributed by atoms with Gasteiger partial charge in [-0.1, -0.05) is 43.3 Å². The summed E-state index contributed by atoms with van der Waals surface area (Å²) in [5, 5.41) is 0. The summed E-state index contributed by atoms with van der Waals surface area (Å²) >= 11 is 0. The Hall–Kier alpha value is -2.09. The van der Waals surface area contributed by atoms with Crippen molar-refractivity contribution in [2.24, 2.45) is 5.73 Å². The zero-order valence-electron chi connectivity index (χ0n) is 13.3. The van der Waals surface area contributed by atoms with E-state index in [1.54, 1.807) is 6.07 Å². The highest BCUT2D eigenvalue weighted by Crippen LogP contribution is 2.15. The van der Waals surface area contributed by atoms with Crippen molar-refractivity contribution in [2.75, 3.05) is 0 Å². The zero-order valence-corrected chi connectivity index (χ0v) is 13.3. The molecule has 21 heavy (non-hydrogen) atoms. The van der Waals surface area contributed by atoms with Crippen LogP contribution >= 0.6 is 0 Å². The van der Waals surface area contributed by atoms with E-state index < -0.39 is 0 Å². The molecule has 112 valence electrons. The molecule has 0 fully saturated rings. The second-order valence-corrected chi connectivity index (χ2v) is 5.29. The van der Waals surface area contributed by atoms with Crippen LogP contribution in [0.15, 0.2) is 43.0 Å². The van der Waals surface area contributed by atoms with E-state index in [1.807, 2.05) is 58.0 Å². The zero-order chi connectivity index (χ0) is 16.0. The molecule has 0 saturated carbocycles. The summed E-state index contributed by atoms with van der Waals surface area (Å²) in [6.45, 7) is 11.5. The molecule has 0 aliphatic heterocycles. The summed E-state index contributed by atoms with van der Waals surface area (Å²) in [5.41, 5.74) is 11.2. The Bertz CT molecular complexity index is 606. The molecule has 0 saturated heterocycles. The van der Waals surface area contributed by atoms with Crippen molar-refractivity contribution in [3.05, 3.63) is 76.6 Å². The van der Waals surface area contributed by atoms with Crippen LogP contribution in [0.25, 0.3) is 5.70 Å². The van der Waals surface area contributed by atoms with Gasteiger partial charge in [0.2, 0.25) is 0 Å². The van der Waals surface area contributed by atoms with E-state index in [2.05, 4.69) is 6.58 Å². The number of benzene rings is 2. The molecule has 2 heteroatoms. The number of halogens is 1. The molecule has 0 aromatic heterocycles. The van der Waals surface area contributed by atoms with E-state index in [-0.39, 0.29) is 5.82 Å². The van der Waals surface area contributed by atoms with Crippen LogP contribution in [0.3, 0.4) is 0 Å². The minimum atomic E-state index is -0.0648. The number of hydrogen-bond donors (Lipinski definition) is 1. The van der Waals surface area contributed by atoms with E-state index in [9.17, 15) is 4.39 Å². The third kappa shape index (κ3) is 5.07. The summed E-state index contributed by atoms with van der Waals surface area (Å²) in [6, 6.07) is 11.6. The quantitative estimate of drug-likeness (QED) is 0.832. The summed E-state index contributed by atoms with van der Waals surface area (Å²) in [5.74, 6) is -0.0648. The van der Waals surface area contributed by atoms with Crippen LogP contribution in [0, 0.1) is 26.6 Å². The van der Waals surface area contributed by atoms with Crippen LogP contribution in [-0.2, 0) is 6.42 Å². The first-order valence-corrected chi connectivity index (χ1v) is 7.12. The average Bonchev–Trinajstić information content (AvgIpc) is 2.38. The average molecular weight is 285 g/mol. The first kappa shape index (κ1) is 17.0. The van der Waals surface area contributed by atoms with E-state index in [4.69, 9.17) is 5.73 Å². The highest BCUT2D eigenvalue weighted by atomic mass is 19.1. The topological polar surface area (TPSA) is 26.0 Å². The van der Waals surface area contributed by atoms with E-state index in [0.29, 0.717) is 5.70 Å². The van der Waals surface area contributed by atoms with Crippen LogP contribution < -0.4 is 5.73 Å². The third-order valence-electron chi connectivity index (χ3n) is 3.31. The summed E-state index contributed by atoms with van der Waals surface area (Å²) in [7, 11) is 0. The highest BCUT2D eigenvalue weighted by molar-refractivity contribution is 5.60. The van der Waals surface area contributed by atoms with Gasteiger partial charge in [-0.25, -0.2) is 4.39 Å². The van der Waals surface area contributed by atoms with E-state index in [0.717, 1.165) is 28.7 Å². The molecular formula is C19H24FN. The van der Waals surface area contributed by atoms with Gasteiger partial charge in [0.15, 0.2) is 0 Å². The molecule has 0 atom stereocenters. The smallest absolute Gasteiger partial charge is 0.126 e. The lowest BCUT2D eigenvalue weighted by atomic mass is 10.0. The standard InChI is InChI=1S/C10H13F.C9H11N/c1-4-9-8(3)5-7(2)6-10(9)11;1-7-4-3-5-9(6-7)8(2)10/h5-6H,4H2,1-3H3;3-6H,2,10H2,1H3. The van der Waals surface area contributed by atoms with Crippen molar-refractivity contribution in [1.82, 2.24) is 0 Å². The molecule has 0 spiro atoms. The fourth-order valence-electron chi connectivity index (χ4n) is 2.24. The lowest BCUT2D eigenvalue weighted by Crippen LogP contribution is -1.93. The van der Waals surface area contributed by atoms with Gasteiger partial charge in [0.25, 0.3) is 0 Å². The van der Waals surface area contributed by atoms with Gasteiger partial charge in [-0.2, -0.15) is 0 Å². The first-order valence-electron chi connectivity index (χ1n) is 7.12. The van der Waals surface area contributed by atoms with Gasteiger partial charge in [0, 0.05) is 5.70 Å². The molecule has 0 aliphatic carbocycles. The molecule has 2 aromatic carbocycles.